The van der Waals surface area contributed by atoms with Crippen molar-refractivity contribution in [3.05, 3.63) is 66.0 Å². The number of carbonyl (C=O) groups excluding carboxylic acids is 1. The summed E-state index contributed by atoms with van der Waals surface area (Å²) in [5.41, 5.74) is 5.49. The van der Waals surface area contributed by atoms with E-state index in [0.29, 0.717) is 30.6 Å². The molecule has 4 rings (SSSR count). The molecule has 2 aromatic carbocycles. The monoisotopic (exact) mass is 529 g/mol. The highest BCUT2D eigenvalue weighted by Gasteiger charge is 2.34. The molecule has 9 nitrogen and oxygen atoms in total. The highest BCUT2D eigenvalue weighted by atomic mass is 19.4. The van der Waals surface area contributed by atoms with Gasteiger partial charge in [-0.25, -0.2) is 14.8 Å². The maximum absolute atomic E-state index is 13.9. The number of halogens is 3. The van der Waals surface area contributed by atoms with Gasteiger partial charge in [0.1, 0.15) is 17.9 Å². The summed E-state index contributed by atoms with van der Waals surface area (Å²) >= 11 is 0. The number of carbonyl (C=O) groups is 1. The number of nitrogens with one attached hydrogen (secondary N) is 2. The van der Waals surface area contributed by atoms with Crippen molar-refractivity contribution in [2.75, 3.05) is 42.5 Å². The number of ether oxygens (including phenoxy) is 1. The largest absolute Gasteiger partial charge is 0.439 e. The van der Waals surface area contributed by atoms with Crippen molar-refractivity contribution in [1.82, 2.24) is 19.8 Å². The van der Waals surface area contributed by atoms with Crippen molar-refractivity contribution >= 4 is 23.2 Å². The molecule has 1 aliphatic rings. The molecule has 0 atom stereocenters. The van der Waals surface area contributed by atoms with Crippen LogP contribution in [-0.4, -0.2) is 58.0 Å². The Morgan fingerprint density at radius 2 is 1.66 bits per heavy atom. The van der Waals surface area contributed by atoms with Gasteiger partial charge in [0, 0.05) is 56.2 Å². The van der Waals surface area contributed by atoms with Crippen LogP contribution in [-0.2, 0) is 12.7 Å². The standard InChI is InChI=1S/C26H30F3N7O2/c1-17(2)36-11-9-35(10-12-36)15-18-3-4-20(13-22(18)26(27,28)29)34-25(37)33-19-5-7-21(8-6-19)38-24-14-23(30)31-16-32-24/h3-8,13-14,16-17H,9-12,15H2,1-2H3,(H2,30,31,32)(H2,33,34,37). The van der Waals surface area contributed by atoms with Gasteiger partial charge in [-0.2, -0.15) is 13.2 Å². The van der Waals surface area contributed by atoms with Crippen molar-refractivity contribution in [1.29, 1.82) is 0 Å². The minimum absolute atomic E-state index is 0.0458. The summed E-state index contributed by atoms with van der Waals surface area (Å²) in [6.45, 7) is 7.47. The van der Waals surface area contributed by atoms with Gasteiger partial charge >= 0.3 is 12.2 Å². The topological polar surface area (TPSA) is 109 Å². The maximum Gasteiger partial charge on any atom is 0.416 e. The summed E-state index contributed by atoms with van der Waals surface area (Å²) in [5, 5.41) is 5.08. The van der Waals surface area contributed by atoms with Crippen LogP contribution < -0.4 is 21.1 Å². The summed E-state index contributed by atoms with van der Waals surface area (Å²) < 4.78 is 47.2. The van der Waals surface area contributed by atoms with Crippen LogP contribution in [0.25, 0.3) is 0 Å². The Kier molecular flexibility index (Phi) is 8.32. The summed E-state index contributed by atoms with van der Waals surface area (Å²) in [6.07, 6.45) is -3.27. The van der Waals surface area contributed by atoms with E-state index in [1.54, 1.807) is 24.3 Å². The van der Waals surface area contributed by atoms with Gasteiger partial charge in [-0.05, 0) is 55.8 Å². The van der Waals surface area contributed by atoms with Crippen LogP contribution >= 0.6 is 0 Å². The number of hydrogen-bond acceptors (Lipinski definition) is 7. The lowest BCUT2D eigenvalue weighted by atomic mass is 10.0. The fourth-order valence-electron chi connectivity index (χ4n) is 4.16. The molecule has 0 bridgehead atoms. The highest BCUT2D eigenvalue weighted by Crippen LogP contribution is 2.34. The van der Waals surface area contributed by atoms with Crippen molar-refractivity contribution in [2.24, 2.45) is 0 Å². The second-order valence-corrected chi connectivity index (χ2v) is 9.26. The lowest BCUT2D eigenvalue weighted by Gasteiger charge is -2.37. The fraction of sp³-hybridized carbons (Fsp3) is 0.346. The van der Waals surface area contributed by atoms with Crippen molar-refractivity contribution < 1.29 is 22.7 Å². The molecule has 3 aromatic rings. The number of piperazine rings is 1. The first-order valence-electron chi connectivity index (χ1n) is 12.2. The third kappa shape index (κ3) is 7.33. The molecule has 12 heteroatoms. The van der Waals surface area contributed by atoms with Crippen LogP contribution in [0.4, 0.5) is 35.2 Å². The second kappa shape index (κ2) is 11.7. The van der Waals surface area contributed by atoms with E-state index in [2.05, 4.69) is 39.3 Å². The Bertz CT molecular complexity index is 1240. The van der Waals surface area contributed by atoms with E-state index < -0.39 is 17.8 Å². The predicted octanol–water partition coefficient (Wildman–Crippen LogP) is 5.04. The van der Waals surface area contributed by atoms with Crippen molar-refractivity contribution in [3.8, 4) is 11.6 Å². The number of amides is 2. The molecule has 1 saturated heterocycles. The van der Waals surface area contributed by atoms with Crippen LogP contribution in [0.1, 0.15) is 25.0 Å². The Labute approximate surface area is 218 Å². The number of nitrogens with zero attached hydrogens (tertiary/aromatic N) is 4. The van der Waals surface area contributed by atoms with Gasteiger partial charge in [-0.3, -0.25) is 9.80 Å². The van der Waals surface area contributed by atoms with Crippen LogP contribution in [0, 0.1) is 0 Å². The molecule has 1 fully saturated rings. The molecule has 38 heavy (non-hydrogen) atoms. The molecule has 0 saturated carbocycles. The first kappa shape index (κ1) is 27.1. The zero-order valence-electron chi connectivity index (χ0n) is 21.1. The molecule has 1 aliphatic heterocycles. The molecule has 0 unspecified atom stereocenters. The average Bonchev–Trinajstić information content (AvgIpc) is 2.86. The highest BCUT2D eigenvalue weighted by molar-refractivity contribution is 5.99. The SMILES string of the molecule is CC(C)N1CCN(Cc2ccc(NC(=O)Nc3ccc(Oc4cc(N)ncn4)cc3)cc2C(F)(F)F)CC1. The number of nitrogen functional groups attached to an aromatic ring is 1. The van der Waals surface area contributed by atoms with Gasteiger partial charge in [0.2, 0.25) is 5.88 Å². The molecule has 0 aliphatic carbocycles. The second-order valence-electron chi connectivity index (χ2n) is 9.26. The number of aromatic nitrogens is 2. The number of urea groups is 1. The normalized spacial score (nSPS) is 14.9. The Hall–Kier alpha value is -3.90. The number of benzene rings is 2. The fourth-order valence-corrected chi connectivity index (χ4v) is 4.16. The van der Waals surface area contributed by atoms with Crippen molar-refractivity contribution in [3.63, 3.8) is 0 Å². The Morgan fingerprint density at radius 1 is 1.00 bits per heavy atom. The lowest BCUT2D eigenvalue weighted by Crippen LogP contribution is -2.48. The van der Waals surface area contributed by atoms with E-state index >= 15 is 0 Å². The van der Waals surface area contributed by atoms with Gasteiger partial charge in [-0.1, -0.05) is 6.07 Å². The molecule has 4 N–H and O–H groups in total. The molecule has 1 aromatic heterocycles. The van der Waals surface area contributed by atoms with E-state index in [1.165, 1.54) is 24.5 Å². The summed E-state index contributed by atoms with van der Waals surface area (Å²) in [6, 6.07) is 11.5. The van der Waals surface area contributed by atoms with Gasteiger partial charge < -0.3 is 21.1 Å². The van der Waals surface area contributed by atoms with Crippen LogP contribution in [0.3, 0.4) is 0 Å². The maximum atomic E-state index is 13.9. The zero-order valence-corrected chi connectivity index (χ0v) is 21.1. The predicted molar refractivity (Wildman–Crippen MR) is 139 cm³/mol. The minimum Gasteiger partial charge on any atom is -0.439 e. The number of anilines is 3. The lowest BCUT2D eigenvalue weighted by molar-refractivity contribution is -0.138. The van der Waals surface area contributed by atoms with Gasteiger partial charge in [-0.15, -0.1) is 0 Å². The first-order valence-corrected chi connectivity index (χ1v) is 12.2. The van der Waals surface area contributed by atoms with Crippen LogP contribution in [0.5, 0.6) is 11.6 Å². The van der Waals surface area contributed by atoms with E-state index in [4.69, 9.17) is 10.5 Å². The molecule has 202 valence electrons. The molecule has 0 spiro atoms. The van der Waals surface area contributed by atoms with E-state index in [9.17, 15) is 18.0 Å². The molecule has 0 radical (unpaired) electrons. The van der Waals surface area contributed by atoms with Crippen molar-refractivity contribution in [2.45, 2.75) is 32.6 Å². The van der Waals surface area contributed by atoms with E-state index in [-0.39, 0.29) is 29.5 Å². The zero-order chi connectivity index (χ0) is 27.3. The van der Waals surface area contributed by atoms with Gasteiger partial charge in [0.05, 0.1) is 5.56 Å². The number of rotatable bonds is 7. The number of alkyl halides is 3. The van der Waals surface area contributed by atoms with E-state index in [1.807, 2.05) is 4.90 Å². The first-order chi connectivity index (χ1) is 18.1. The third-order valence-corrected chi connectivity index (χ3v) is 6.20. The molecular formula is C26H30F3N7O2. The van der Waals surface area contributed by atoms with Gasteiger partial charge in [0.25, 0.3) is 0 Å². The summed E-state index contributed by atoms with van der Waals surface area (Å²) in [7, 11) is 0. The van der Waals surface area contributed by atoms with Crippen LogP contribution in [0.15, 0.2) is 54.9 Å². The summed E-state index contributed by atoms with van der Waals surface area (Å²) in [4.78, 5) is 24.5. The van der Waals surface area contributed by atoms with E-state index in [0.717, 1.165) is 19.2 Å². The Balaban J connectivity index is 1.37. The average molecular weight is 530 g/mol. The van der Waals surface area contributed by atoms with Crippen LogP contribution in [0.2, 0.25) is 0 Å². The number of nitrogens with two attached hydrogens (primary N) is 1. The third-order valence-electron chi connectivity index (χ3n) is 6.20. The Morgan fingerprint density at radius 3 is 2.29 bits per heavy atom. The van der Waals surface area contributed by atoms with Gasteiger partial charge in [0.15, 0.2) is 0 Å². The molecule has 2 heterocycles. The molecule has 2 amide bonds. The number of hydrogen-bond donors (Lipinski definition) is 3. The summed E-state index contributed by atoms with van der Waals surface area (Å²) in [5.74, 6) is 0.971. The smallest absolute Gasteiger partial charge is 0.416 e. The molecular weight excluding hydrogens is 499 g/mol. The minimum atomic E-state index is -4.55. The quantitative estimate of drug-likeness (QED) is 0.394.